The van der Waals surface area contributed by atoms with Crippen LogP contribution >= 0.6 is 0 Å². The predicted octanol–water partition coefficient (Wildman–Crippen LogP) is 1.03. The Bertz CT molecular complexity index is 684. The fourth-order valence-electron chi connectivity index (χ4n) is 2.05. The first-order valence-electron chi connectivity index (χ1n) is 6.70. The number of carbonyl (C=O) groups is 2. The minimum atomic E-state index is -0.335. The first-order valence-corrected chi connectivity index (χ1v) is 6.70. The van der Waals surface area contributed by atoms with Crippen molar-refractivity contribution < 1.29 is 9.59 Å². The summed E-state index contributed by atoms with van der Waals surface area (Å²) < 4.78 is 0. The number of fused-ring (bicyclic) bond motifs is 1. The van der Waals surface area contributed by atoms with E-state index in [-0.39, 0.29) is 24.1 Å². The molecule has 0 bridgehead atoms. The molecule has 0 unspecified atom stereocenters. The molecule has 0 aliphatic carbocycles. The molecule has 1 heterocycles. The van der Waals surface area contributed by atoms with Crippen molar-refractivity contribution in [3.63, 3.8) is 0 Å². The highest BCUT2D eigenvalue weighted by atomic mass is 16.2. The zero-order chi connectivity index (χ0) is 15.4. The molecule has 2 aromatic rings. The lowest BCUT2D eigenvalue weighted by atomic mass is 10.1. The highest BCUT2D eigenvalue weighted by molar-refractivity contribution is 6.00. The van der Waals surface area contributed by atoms with Crippen molar-refractivity contribution in [3.05, 3.63) is 36.0 Å². The topological polar surface area (TPSA) is 88.3 Å². The quantitative estimate of drug-likeness (QED) is 0.878. The van der Waals surface area contributed by atoms with E-state index in [0.717, 1.165) is 5.39 Å². The van der Waals surface area contributed by atoms with E-state index in [0.29, 0.717) is 17.7 Å². The molecule has 1 aromatic carbocycles. The number of hydrogen-bond donors (Lipinski definition) is 2. The summed E-state index contributed by atoms with van der Waals surface area (Å²) in [6.45, 7) is 2.34. The van der Waals surface area contributed by atoms with E-state index >= 15 is 0 Å². The number of pyridine rings is 1. The summed E-state index contributed by atoms with van der Waals surface area (Å²) in [5.74, 6) is -0.541. The molecule has 1 aromatic heterocycles. The van der Waals surface area contributed by atoms with Gasteiger partial charge in [0.05, 0.1) is 12.1 Å². The molecule has 6 nitrogen and oxygen atoms in total. The molecule has 2 amide bonds. The van der Waals surface area contributed by atoms with Crippen LogP contribution in [0.25, 0.3) is 10.9 Å². The Balaban J connectivity index is 2.25. The van der Waals surface area contributed by atoms with Crippen LogP contribution in [0.1, 0.15) is 17.4 Å². The molecule has 0 aliphatic rings. The van der Waals surface area contributed by atoms with Gasteiger partial charge >= 0.3 is 0 Å². The van der Waals surface area contributed by atoms with Crippen LogP contribution in [0.5, 0.6) is 0 Å². The molecule has 0 saturated heterocycles. The molecule has 0 saturated carbocycles. The van der Waals surface area contributed by atoms with E-state index < -0.39 is 0 Å². The average molecular weight is 286 g/mol. The Labute approximate surface area is 122 Å². The second kappa shape index (κ2) is 6.21. The first-order chi connectivity index (χ1) is 10.0. The van der Waals surface area contributed by atoms with Gasteiger partial charge in [-0.15, -0.1) is 0 Å². The standard InChI is InChI=1S/C15H18N4O2/c1-3-17-14(20)9-19(2)15(21)13-8-11(16)10-6-4-5-7-12(10)18-13/h4-8H,3,9H2,1-2H3,(H2,16,18)(H,17,20). The molecule has 0 fully saturated rings. The second-order valence-electron chi connectivity index (χ2n) is 4.73. The van der Waals surface area contributed by atoms with Crippen molar-refractivity contribution in [3.8, 4) is 0 Å². The van der Waals surface area contributed by atoms with Crippen LogP contribution in [0.3, 0.4) is 0 Å². The number of carbonyl (C=O) groups excluding carboxylic acids is 2. The number of nitrogens with two attached hydrogens (primary N) is 1. The number of aromatic nitrogens is 1. The number of nitrogens with one attached hydrogen (secondary N) is 1. The van der Waals surface area contributed by atoms with Gasteiger partial charge in [0, 0.05) is 24.7 Å². The summed E-state index contributed by atoms with van der Waals surface area (Å²) >= 11 is 0. The normalized spacial score (nSPS) is 10.4. The van der Waals surface area contributed by atoms with E-state index in [1.54, 1.807) is 19.2 Å². The van der Waals surface area contributed by atoms with Crippen molar-refractivity contribution in [1.29, 1.82) is 0 Å². The van der Waals surface area contributed by atoms with Crippen LogP contribution in [0.2, 0.25) is 0 Å². The van der Waals surface area contributed by atoms with Gasteiger partial charge in [-0.25, -0.2) is 4.98 Å². The van der Waals surface area contributed by atoms with Gasteiger partial charge in [0.2, 0.25) is 5.91 Å². The van der Waals surface area contributed by atoms with E-state index in [2.05, 4.69) is 10.3 Å². The Hall–Kier alpha value is -2.63. The number of nitrogen functional groups attached to an aromatic ring is 1. The highest BCUT2D eigenvalue weighted by Gasteiger charge is 2.17. The minimum absolute atomic E-state index is 0.0128. The number of hydrogen-bond acceptors (Lipinski definition) is 4. The maximum Gasteiger partial charge on any atom is 0.272 e. The second-order valence-corrected chi connectivity index (χ2v) is 4.73. The molecule has 0 aliphatic heterocycles. The highest BCUT2D eigenvalue weighted by Crippen LogP contribution is 2.20. The molecule has 2 rings (SSSR count). The van der Waals surface area contributed by atoms with Gasteiger partial charge < -0.3 is 16.0 Å². The largest absolute Gasteiger partial charge is 0.398 e. The van der Waals surface area contributed by atoms with Crippen LogP contribution in [0.4, 0.5) is 5.69 Å². The summed E-state index contributed by atoms with van der Waals surface area (Å²) in [7, 11) is 1.56. The van der Waals surface area contributed by atoms with Gasteiger partial charge in [0.1, 0.15) is 5.69 Å². The average Bonchev–Trinajstić information content (AvgIpc) is 2.46. The number of amides is 2. The summed E-state index contributed by atoms with van der Waals surface area (Å²) in [6, 6.07) is 8.89. The molecule has 21 heavy (non-hydrogen) atoms. The van der Waals surface area contributed by atoms with Crippen LogP contribution in [-0.4, -0.2) is 41.8 Å². The van der Waals surface area contributed by atoms with Gasteiger partial charge in [-0.05, 0) is 19.1 Å². The molecule has 6 heteroatoms. The lowest BCUT2D eigenvalue weighted by Crippen LogP contribution is -2.38. The van der Waals surface area contributed by atoms with E-state index in [9.17, 15) is 9.59 Å². The molecule has 0 radical (unpaired) electrons. The fourth-order valence-corrected chi connectivity index (χ4v) is 2.05. The maximum absolute atomic E-state index is 12.3. The van der Waals surface area contributed by atoms with Crippen molar-refractivity contribution in [2.24, 2.45) is 0 Å². The van der Waals surface area contributed by atoms with Gasteiger partial charge in [0.25, 0.3) is 5.91 Å². The van der Waals surface area contributed by atoms with Crippen molar-refractivity contribution in [2.75, 3.05) is 25.9 Å². The van der Waals surface area contributed by atoms with Crippen LogP contribution in [0.15, 0.2) is 30.3 Å². The Morgan fingerprint density at radius 3 is 2.76 bits per heavy atom. The summed E-state index contributed by atoms with van der Waals surface area (Å²) in [5.41, 5.74) is 7.34. The Morgan fingerprint density at radius 1 is 1.33 bits per heavy atom. The number of benzene rings is 1. The van der Waals surface area contributed by atoms with Crippen molar-refractivity contribution in [1.82, 2.24) is 15.2 Å². The number of rotatable bonds is 4. The van der Waals surface area contributed by atoms with E-state index in [4.69, 9.17) is 5.73 Å². The third kappa shape index (κ3) is 3.28. The number of anilines is 1. The number of likely N-dealkylation sites (N-methyl/N-ethyl adjacent to an activating group) is 2. The summed E-state index contributed by atoms with van der Waals surface area (Å²) in [6.07, 6.45) is 0. The van der Waals surface area contributed by atoms with Gasteiger partial charge in [-0.1, -0.05) is 18.2 Å². The summed E-state index contributed by atoms with van der Waals surface area (Å²) in [5, 5.41) is 3.45. The SMILES string of the molecule is CCNC(=O)CN(C)C(=O)c1cc(N)c2ccccc2n1. The van der Waals surface area contributed by atoms with Gasteiger partial charge in [-0.2, -0.15) is 0 Å². The smallest absolute Gasteiger partial charge is 0.272 e. The van der Waals surface area contributed by atoms with Gasteiger partial charge in [-0.3, -0.25) is 9.59 Å². The summed E-state index contributed by atoms with van der Waals surface area (Å²) in [4.78, 5) is 29.5. The molecular formula is C15H18N4O2. The maximum atomic E-state index is 12.3. The lowest BCUT2D eigenvalue weighted by molar-refractivity contribution is -0.121. The Morgan fingerprint density at radius 2 is 2.05 bits per heavy atom. The van der Waals surface area contributed by atoms with E-state index in [1.165, 1.54) is 4.90 Å². The molecular weight excluding hydrogens is 268 g/mol. The minimum Gasteiger partial charge on any atom is -0.398 e. The molecule has 110 valence electrons. The van der Waals surface area contributed by atoms with E-state index in [1.807, 2.05) is 25.1 Å². The molecule has 0 spiro atoms. The zero-order valence-corrected chi connectivity index (χ0v) is 12.1. The molecule has 0 atom stereocenters. The van der Waals surface area contributed by atoms with Crippen LogP contribution in [-0.2, 0) is 4.79 Å². The van der Waals surface area contributed by atoms with Crippen molar-refractivity contribution >= 4 is 28.4 Å². The third-order valence-corrected chi connectivity index (χ3v) is 3.07. The number of nitrogens with zero attached hydrogens (tertiary/aromatic N) is 2. The first kappa shape index (κ1) is 14.8. The molecule has 3 N–H and O–H groups in total. The van der Waals surface area contributed by atoms with Crippen molar-refractivity contribution in [2.45, 2.75) is 6.92 Å². The Kier molecular flexibility index (Phi) is 4.37. The fraction of sp³-hybridized carbons (Fsp3) is 0.267. The third-order valence-electron chi connectivity index (χ3n) is 3.07. The van der Waals surface area contributed by atoms with Gasteiger partial charge in [0.15, 0.2) is 0 Å². The zero-order valence-electron chi connectivity index (χ0n) is 12.1. The van der Waals surface area contributed by atoms with Crippen LogP contribution in [0, 0.1) is 0 Å². The number of para-hydroxylation sites is 1. The van der Waals surface area contributed by atoms with Crippen LogP contribution < -0.4 is 11.1 Å². The monoisotopic (exact) mass is 286 g/mol. The lowest BCUT2D eigenvalue weighted by Gasteiger charge is -2.16. The predicted molar refractivity (Wildman–Crippen MR) is 81.8 cm³/mol.